The number of carbonyl (C=O) groups is 2. The highest BCUT2D eigenvalue weighted by molar-refractivity contribution is 5.95. The lowest BCUT2D eigenvalue weighted by Gasteiger charge is -2.05. The molecule has 0 spiro atoms. The van der Waals surface area contributed by atoms with Crippen LogP contribution in [0.1, 0.15) is 16.2 Å². The molecule has 1 aromatic heterocycles. The van der Waals surface area contributed by atoms with Crippen LogP contribution < -0.4 is 5.32 Å². The first-order chi connectivity index (χ1) is 12.6. The first kappa shape index (κ1) is 17.3. The first-order valence-corrected chi connectivity index (χ1v) is 7.69. The normalized spacial score (nSPS) is 10.3. The number of hydrogen-bond donors (Lipinski definition) is 1. The fourth-order valence-electron chi connectivity index (χ4n) is 2.06. The molecule has 3 aromatic rings. The van der Waals surface area contributed by atoms with Crippen molar-refractivity contribution < 1.29 is 23.1 Å². The number of rotatable bonds is 6. The van der Waals surface area contributed by atoms with E-state index in [4.69, 9.17) is 9.15 Å². The Kier molecular flexibility index (Phi) is 5.33. The maximum atomic E-state index is 12.8. The molecule has 7 nitrogen and oxygen atoms in total. The van der Waals surface area contributed by atoms with Gasteiger partial charge in [0.05, 0.1) is 0 Å². The molecule has 1 N–H and O–H groups in total. The van der Waals surface area contributed by atoms with Crippen LogP contribution in [0.25, 0.3) is 11.5 Å². The van der Waals surface area contributed by atoms with Gasteiger partial charge in [-0.3, -0.25) is 9.59 Å². The van der Waals surface area contributed by atoms with E-state index >= 15 is 0 Å². The van der Waals surface area contributed by atoms with Crippen molar-refractivity contribution in [2.75, 3.05) is 6.54 Å². The zero-order valence-corrected chi connectivity index (χ0v) is 13.5. The zero-order valence-electron chi connectivity index (χ0n) is 13.5. The molecule has 0 bridgehead atoms. The summed E-state index contributed by atoms with van der Waals surface area (Å²) in [5.41, 5.74) is 0.993. The van der Waals surface area contributed by atoms with Crippen LogP contribution in [-0.4, -0.2) is 28.6 Å². The van der Waals surface area contributed by atoms with Gasteiger partial charge in [0.2, 0.25) is 5.89 Å². The van der Waals surface area contributed by atoms with Gasteiger partial charge in [0, 0.05) is 11.1 Å². The van der Waals surface area contributed by atoms with Crippen LogP contribution in [0.4, 0.5) is 4.39 Å². The summed E-state index contributed by atoms with van der Waals surface area (Å²) in [5.74, 6) is -1.16. The average molecular weight is 355 g/mol. The van der Waals surface area contributed by atoms with Crippen LogP contribution in [0.5, 0.6) is 0 Å². The minimum atomic E-state index is -0.667. The van der Waals surface area contributed by atoms with E-state index in [1.165, 1.54) is 12.1 Å². The van der Waals surface area contributed by atoms with Gasteiger partial charge < -0.3 is 14.5 Å². The summed E-state index contributed by atoms with van der Waals surface area (Å²) in [6.07, 6.45) is 0. The van der Waals surface area contributed by atoms with E-state index in [-0.39, 0.29) is 24.6 Å². The Hall–Kier alpha value is -3.55. The molecule has 8 heteroatoms. The van der Waals surface area contributed by atoms with Crippen molar-refractivity contribution in [3.8, 4) is 11.5 Å². The monoisotopic (exact) mass is 355 g/mol. The molecule has 0 saturated carbocycles. The minimum absolute atomic E-state index is 0.141. The zero-order chi connectivity index (χ0) is 18.4. The second kappa shape index (κ2) is 8.02. The van der Waals surface area contributed by atoms with E-state index in [1.807, 2.05) is 30.3 Å². The quantitative estimate of drug-likeness (QED) is 0.682. The first-order valence-electron chi connectivity index (χ1n) is 7.69. The Morgan fingerprint density at radius 1 is 1.04 bits per heavy atom. The predicted octanol–water partition coefficient (Wildman–Crippen LogP) is 2.35. The summed E-state index contributed by atoms with van der Waals surface area (Å²) >= 11 is 0. The van der Waals surface area contributed by atoms with Crippen LogP contribution in [-0.2, 0) is 16.1 Å². The number of hydrogen-bond acceptors (Lipinski definition) is 6. The van der Waals surface area contributed by atoms with Gasteiger partial charge in [0.25, 0.3) is 11.8 Å². The fraction of sp³-hybridized carbons (Fsp3) is 0.111. The van der Waals surface area contributed by atoms with Crippen molar-refractivity contribution in [2.24, 2.45) is 0 Å². The lowest BCUT2D eigenvalue weighted by atomic mass is 10.2. The minimum Gasteiger partial charge on any atom is -0.454 e. The molecule has 0 saturated heterocycles. The van der Waals surface area contributed by atoms with Crippen molar-refractivity contribution in [1.82, 2.24) is 15.5 Å². The van der Waals surface area contributed by atoms with Gasteiger partial charge in [0.15, 0.2) is 6.61 Å². The lowest BCUT2D eigenvalue weighted by molar-refractivity contribution is -0.144. The van der Waals surface area contributed by atoms with Crippen molar-refractivity contribution in [3.63, 3.8) is 0 Å². The number of aromatic nitrogens is 2. The number of benzene rings is 2. The second-order valence-corrected chi connectivity index (χ2v) is 5.22. The smallest absolute Gasteiger partial charge is 0.325 e. The van der Waals surface area contributed by atoms with Crippen molar-refractivity contribution in [3.05, 3.63) is 71.9 Å². The molecule has 26 heavy (non-hydrogen) atoms. The van der Waals surface area contributed by atoms with Gasteiger partial charge in [-0.25, -0.2) is 4.39 Å². The van der Waals surface area contributed by atoms with Gasteiger partial charge in [-0.1, -0.05) is 18.2 Å². The van der Waals surface area contributed by atoms with Crippen LogP contribution in [0.2, 0.25) is 0 Å². The fourth-order valence-corrected chi connectivity index (χ4v) is 2.06. The van der Waals surface area contributed by atoms with Gasteiger partial charge >= 0.3 is 5.97 Å². The molecule has 1 heterocycles. The third-order valence-corrected chi connectivity index (χ3v) is 3.34. The van der Waals surface area contributed by atoms with E-state index in [0.29, 0.717) is 5.89 Å². The number of carbonyl (C=O) groups excluding carboxylic acids is 2. The molecule has 0 unspecified atom stereocenters. The number of amides is 1. The Labute approximate surface area is 147 Å². The van der Waals surface area contributed by atoms with Crippen LogP contribution in [0.3, 0.4) is 0 Å². The second-order valence-electron chi connectivity index (χ2n) is 5.22. The Balaban J connectivity index is 1.46. The van der Waals surface area contributed by atoms with Crippen molar-refractivity contribution >= 4 is 11.9 Å². The highest BCUT2D eigenvalue weighted by Crippen LogP contribution is 2.17. The summed E-state index contributed by atoms with van der Waals surface area (Å²) in [6.45, 7) is -0.541. The molecule has 0 fully saturated rings. The Morgan fingerprint density at radius 2 is 1.77 bits per heavy atom. The summed E-state index contributed by atoms with van der Waals surface area (Å²) in [5, 5.41) is 10.1. The molecule has 1 amide bonds. The topological polar surface area (TPSA) is 94.3 Å². The highest BCUT2D eigenvalue weighted by atomic mass is 19.1. The van der Waals surface area contributed by atoms with Crippen molar-refractivity contribution in [1.29, 1.82) is 0 Å². The SMILES string of the molecule is O=C(CNC(=O)c1ccc(F)cc1)OCc1nnc(-c2ccccc2)o1. The van der Waals surface area contributed by atoms with E-state index in [9.17, 15) is 14.0 Å². The number of esters is 1. The summed E-state index contributed by atoms with van der Waals surface area (Å²) in [6, 6.07) is 14.1. The molecule has 3 rings (SSSR count). The third-order valence-electron chi connectivity index (χ3n) is 3.34. The van der Waals surface area contributed by atoms with E-state index in [2.05, 4.69) is 15.5 Å². The molecule has 132 valence electrons. The molecular weight excluding hydrogens is 341 g/mol. The van der Waals surface area contributed by atoms with E-state index in [0.717, 1.165) is 17.7 Å². The third kappa shape index (κ3) is 4.50. The summed E-state index contributed by atoms with van der Waals surface area (Å²) in [7, 11) is 0. The van der Waals surface area contributed by atoms with Crippen LogP contribution in [0.15, 0.2) is 59.0 Å². The number of nitrogens with zero attached hydrogens (tertiary/aromatic N) is 2. The maximum Gasteiger partial charge on any atom is 0.325 e. The molecule has 0 aliphatic carbocycles. The van der Waals surface area contributed by atoms with Gasteiger partial charge in [-0.2, -0.15) is 0 Å². The van der Waals surface area contributed by atoms with Crippen LogP contribution >= 0.6 is 0 Å². The molecule has 0 aliphatic heterocycles. The standard InChI is InChI=1S/C18H14FN3O4/c19-14-8-6-12(7-9-14)17(24)20-10-16(23)25-11-15-21-22-18(26-15)13-4-2-1-3-5-13/h1-9H,10-11H2,(H,20,24). The Morgan fingerprint density at radius 3 is 2.50 bits per heavy atom. The lowest BCUT2D eigenvalue weighted by Crippen LogP contribution is -2.30. The Bertz CT molecular complexity index is 894. The van der Waals surface area contributed by atoms with E-state index in [1.54, 1.807) is 0 Å². The highest BCUT2D eigenvalue weighted by Gasteiger charge is 2.12. The van der Waals surface area contributed by atoms with E-state index < -0.39 is 17.7 Å². The van der Waals surface area contributed by atoms with Gasteiger partial charge in [-0.05, 0) is 36.4 Å². The number of halogens is 1. The number of nitrogens with one attached hydrogen (secondary N) is 1. The molecule has 0 atom stereocenters. The molecule has 2 aromatic carbocycles. The predicted molar refractivity (Wildman–Crippen MR) is 88.3 cm³/mol. The molecule has 0 radical (unpaired) electrons. The number of ether oxygens (including phenoxy) is 1. The van der Waals surface area contributed by atoms with Crippen molar-refractivity contribution in [2.45, 2.75) is 6.61 Å². The van der Waals surface area contributed by atoms with Crippen LogP contribution in [0, 0.1) is 5.82 Å². The van der Waals surface area contributed by atoms with Gasteiger partial charge in [0.1, 0.15) is 12.4 Å². The molecular formula is C18H14FN3O4. The summed E-state index contributed by atoms with van der Waals surface area (Å²) in [4.78, 5) is 23.5. The summed E-state index contributed by atoms with van der Waals surface area (Å²) < 4.78 is 23.2. The van der Waals surface area contributed by atoms with Gasteiger partial charge in [-0.15, -0.1) is 10.2 Å². The molecule has 0 aliphatic rings. The average Bonchev–Trinajstić information content (AvgIpc) is 3.15. The maximum absolute atomic E-state index is 12.8. The largest absolute Gasteiger partial charge is 0.454 e.